The van der Waals surface area contributed by atoms with Gasteiger partial charge in [0, 0.05) is 0 Å². The highest BCUT2D eigenvalue weighted by Gasteiger charge is 2.47. The Morgan fingerprint density at radius 1 is 1.31 bits per heavy atom. The van der Waals surface area contributed by atoms with E-state index in [2.05, 4.69) is 4.99 Å². The van der Waals surface area contributed by atoms with Crippen LogP contribution in [-0.4, -0.2) is 11.2 Å². The maximum Gasteiger partial charge on any atom is 0.144 e. The first-order valence-corrected chi connectivity index (χ1v) is 4.89. The second-order valence-corrected chi connectivity index (χ2v) is 4.13. The third kappa shape index (κ3) is 1.18. The summed E-state index contributed by atoms with van der Waals surface area (Å²) in [5, 5.41) is 0.493. The zero-order valence-corrected chi connectivity index (χ0v) is 8.68. The minimum absolute atomic E-state index is 0.0593. The van der Waals surface area contributed by atoms with Gasteiger partial charge in [-0.05, 0) is 12.5 Å². The molecule has 0 radical (unpaired) electrons. The van der Waals surface area contributed by atoms with Crippen LogP contribution in [0.25, 0.3) is 0 Å². The van der Waals surface area contributed by atoms with Crippen molar-refractivity contribution >= 4 is 28.4 Å². The second kappa shape index (κ2) is 3.00. The zero-order valence-electron chi connectivity index (χ0n) is 7.17. The topological polar surface area (TPSA) is 12.4 Å². The van der Waals surface area contributed by atoms with Gasteiger partial charge in [0.15, 0.2) is 0 Å². The number of hydrogen-bond donors (Lipinski definition) is 0. The van der Waals surface area contributed by atoms with Gasteiger partial charge in [-0.1, -0.05) is 41.9 Å². The van der Waals surface area contributed by atoms with E-state index in [0.29, 0.717) is 5.17 Å². The minimum atomic E-state index is -0.581. The molecule has 0 saturated carbocycles. The standard InChI is InChI=1S/C10H9Cl2N/c1-7-10(12,9(11)13-7)8-5-3-2-4-6-8/h2-7H,1H3. The Bertz CT molecular complexity index is 347. The van der Waals surface area contributed by atoms with E-state index in [-0.39, 0.29) is 6.04 Å². The smallest absolute Gasteiger partial charge is 0.144 e. The van der Waals surface area contributed by atoms with Crippen LogP contribution in [-0.2, 0) is 4.87 Å². The fourth-order valence-corrected chi connectivity index (χ4v) is 2.14. The minimum Gasteiger partial charge on any atom is -0.270 e. The summed E-state index contributed by atoms with van der Waals surface area (Å²) >= 11 is 12.3. The van der Waals surface area contributed by atoms with Crippen molar-refractivity contribution in [3.63, 3.8) is 0 Å². The molecule has 1 aromatic rings. The first-order chi connectivity index (χ1) is 6.15. The summed E-state index contributed by atoms with van der Waals surface area (Å²) in [6, 6.07) is 9.87. The lowest BCUT2D eigenvalue weighted by Crippen LogP contribution is -2.45. The number of rotatable bonds is 1. The van der Waals surface area contributed by atoms with Crippen LogP contribution >= 0.6 is 23.2 Å². The molecule has 0 bridgehead atoms. The number of halogens is 2. The van der Waals surface area contributed by atoms with Gasteiger partial charge in [-0.2, -0.15) is 0 Å². The predicted molar refractivity (Wildman–Crippen MR) is 56.7 cm³/mol. The molecule has 0 fully saturated rings. The lowest BCUT2D eigenvalue weighted by molar-refractivity contribution is 0.580. The summed E-state index contributed by atoms with van der Waals surface area (Å²) < 4.78 is 0. The van der Waals surface area contributed by atoms with E-state index in [1.807, 2.05) is 37.3 Å². The Kier molecular flexibility index (Phi) is 2.09. The van der Waals surface area contributed by atoms with E-state index in [0.717, 1.165) is 5.56 Å². The highest BCUT2D eigenvalue weighted by Crippen LogP contribution is 2.44. The fraction of sp³-hybridized carbons (Fsp3) is 0.300. The Balaban J connectivity index is 2.43. The van der Waals surface area contributed by atoms with Gasteiger partial charge in [-0.15, -0.1) is 11.6 Å². The van der Waals surface area contributed by atoms with Crippen molar-refractivity contribution in [2.24, 2.45) is 4.99 Å². The molecule has 13 heavy (non-hydrogen) atoms. The normalized spacial score (nSPS) is 32.2. The second-order valence-electron chi connectivity index (χ2n) is 3.17. The molecule has 2 atom stereocenters. The van der Waals surface area contributed by atoms with Crippen LogP contribution in [0.4, 0.5) is 0 Å². The van der Waals surface area contributed by atoms with Crippen molar-refractivity contribution < 1.29 is 0 Å². The number of alkyl halides is 1. The maximum atomic E-state index is 6.37. The Hall–Kier alpha value is -0.530. The molecule has 0 amide bonds. The third-order valence-electron chi connectivity index (χ3n) is 2.38. The molecule has 2 unspecified atom stereocenters. The van der Waals surface area contributed by atoms with Crippen molar-refractivity contribution in [1.29, 1.82) is 0 Å². The molecule has 2 rings (SSSR count). The van der Waals surface area contributed by atoms with Gasteiger partial charge in [0.1, 0.15) is 10.0 Å². The Morgan fingerprint density at radius 2 is 1.92 bits per heavy atom. The van der Waals surface area contributed by atoms with Gasteiger partial charge in [-0.25, -0.2) is 0 Å². The van der Waals surface area contributed by atoms with Crippen LogP contribution in [0.5, 0.6) is 0 Å². The SMILES string of the molecule is CC1N=C(Cl)C1(Cl)c1ccccc1. The van der Waals surface area contributed by atoms with Gasteiger partial charge in [0.25, 0.3) is 0 Å². The van der Waals surface area contributed by atoms with Gasteiger partial charge in [0.2, 0.25) is 0 Å². The van der Waals surface area contributed by atoms with Gasteiger partial charge < -0.3 is 0 Å². The lowest BCUT2D eigenvalue weighted by Gasteiger charge is -2.38. The van der Waals surface area contributed by atoms with E-state index in [1.54, 1.807) is 0 Å². The molecule has 0 aromatic heterocycles. The van der Waals surface area contributed by atoms with Crippen molar-refractivity contribution in [2.75, 3.05) is 0 Å². The molecular formula is C10H9Cl2N. The van der Waals surface area contributed by atoms with E-state index in [1.165, 1.54) is 0 Å². The first kappa shape index (κ1) is 9.04. The molecule has 3 heteroatoms. The summed E-state index contributed by atoms with van der Waals surface area (Å²) in [5.74, 6) is 0. The molecule has 1 aromatic carbocycles. The van der Waals surface area contributed by atoms with Gasteiger partial charge in [-0.3, -0.25) is 4.99 Å². The van der Waals surface area contributed by atoms with Gasteiger partial charge >= 0.3 is 0 Å². The third-order valence-corrected chi connectivity index (χ3v) is 3.58. The monoisotopic (exact) mass is 213 g/mol. The first-order valence-electron chi connectivity index (χ1n) is 4.14. The highest BCUT2D eigenvalue weighted by atomic mass is 35.5. The van der Waals surface area contributed by atoms with E-state index < -0.39 is 4.87 Å². The molecule has 1 nitrogen and oxygen atoms in total. The van der Waals surface area contributed by atoms with Crippen molar-refractivity contribution in [3.8, 4) is 0 Å². The Labute approximate surface area is 87.4 Å². The summed E-state index contributed by atoms with van der Waals surface area (Å²) in [7, 11) is 0. The van der Waals surface area contributed by atoms with Crippen molar-refractivity contribution in [2.45, 2.75) is 17.8 Å². The largest absolute Gasteiger partial charge is 0.270 e. The maximum absolute atomic E-state index is 6.37. The van der Waals surface area contributed by atoms with Crippen LogP contribution in [0, 0.1) is 0 Å². The van der Waals surface area contributed by atoms with E-state index >= 15 is 0 Å². The quantitative estimate of drug-likeness (QED) is 0.636. The fourth-order valence-electron chi connectivity index (χ4n) is 1.50. The van der Waals surface area contributed by atoms with Gasteiger partial charge in [0.05, 0.1) is 6.04 Å². The van der Waals surface area contributed by atoms with E-state index in [9.17, 15) is 0 Å². The number of aliphatic imine (C=N–C) groups is 1. The highest BCUT2D eigenvalue weighted by molar-refractivity contribution is 6.73. The van der Waals surface area contributed by atoms with Crippen molar-refractivity contribution in [3.05, 3.63) is 35.9 Å². The molecule has 0 saturated heterocycles. The molecular weight excluding hydrogens is 205 g/mol. The average molecular weight is 214 g/mol. The van der Waals surface area contributed by atoms with Crippen LogP contribution in [0.1, 0.15) is 12.5 Å². The summed E-state index contributed by atoms with van der Waals surface area (Å²) in [4.78, 5) is 3.52. The number of hydrogen-bond acceptors (Lipinski definition) is 1. The van der Waals surface area contributed by atoms with Crippen LogP contribution in [0.3, 0.4) is 0 Å². The Morgan fingerprint density at radius 3 is 2.38 bits per heavy atom. The molecule has 0 spiro atoms. The molecule has 0 aliphatic carbocycles. The summed E-state index contributed by atoms with van der Waals surface area (Å²) in [6.07, 6.45) is 0. The molecule has 1 heterocycles. The molecule has 1 aliphatic rings. The predicted octanol–water partition coefficient (Wildman–Crippen LogP) is 3.16. The van der Waals surface area contributed by atoms with Crippen LogP contribution < -0.4 is 0 Å². The average Bonchev–Trinajstić information content (AvgIpc) is 2.18. The summed E-state index contributed by atoms with van der Waals surface area (Å²) in [5.41, 5.74) is 1.02. The van der Waals surface area contributed by atoms with Crippen molar-refractivity contribution in [1.82, 2.24) is 0 Å². The zero-order chi connectivity index (χ0) is 9.47. The van der Waals surface area contributed by atoms with Crippen LogP contribution in [0.15, 0.2) is 35.3 Å². The number of nitrogens with zero attached hydrogens (tertiary/aromatic N) is 1. The van der Waals surface area contributed by atoms with Crippen LogP contribution in [0.2, 0.25) is 0 Å². The lowest BCUT2D eigenvalue weighted by atomic mass is 9.88. The molecule has 68 valence electrons. The molecule has 0 N–H and O–H groups in total. The summed E-state index contributed by atoms with van der Waals surface area (Å²) in [6.45, 7) is 1.96. The number of benzene rings is 1. The molecule has 1 aliphatic heterocycles. The van der Waals surface area contributed by atoms with E-state index in [4.69, 9.17) is 23.2 Å².